The Hall–Kier alpha value is -1.90. The van der Waals surface area contributed by atoms with Crippen molar-refractivity contribution in [1.29, 1.82) is 0 Å². The number of nitrogens with zero attached hydrogens (tertiary/aromatic N) is 5. The molecule has 2 fully saturated rings. The Balaban J connectivity index is 1.39. The van der Waals surface area contributed by atoms with Crippen molar-refractivity contribution in [2.75, 3.05) is 49.1 Å². The molecule has 9 heteroatoms. The summed E-state index contributed by atoms with van der Waals surface area (Å²) in [5.41, 5.74) is 0.748. The van der Waals surface area contributed by atoms with Crippen molar-refractivity contribution in [1.82, 2.24) is 14.3 Å². The second-order valence-electron chi connectivity index (χ2n) is 7.20. The zero-order valence-corrected chi connectivity index (χ0v) is 17.2. The lowest BCUT2D eigenvalue weighted by molar-refractivity contribution is 0.383. The quantitative estimate of drug-likeness (QED) is 0.738. The predicted molar refractivity (Wildman–Crippen MR) is 111 cm³/mol. The summed E-state index contributed by atoms with van der Waals surface area (Å²) in [6.45, 7) is 4.23. The third-order valence-corrected chi connectivity index (χ3v) is 7.39. The van der Waals surface area contributed by atoms with E-state index in [0.29, 0.717) is 31.2 Å². The van der Waals surface area contributed by atoms with Crippen molar-refractivity contribution in [2.45, 2.75) is 18.6 Å². The number of piperazine rings is 1. The summed E-state index contributed by atoms with van der Waals surface area (Å²) in [4.78, 5) is 13.2. The molecule has 2 aliphatic heterocycles. The molecule has 0 unspecified atom stereocenters. The van der Waals surface area contributed by atoms with Crippen LogP contribution < -0.4 is 9.80 Å². The fourth-order valence-corrected chi connectivity index (χ4v) is 5.35. The fraction of sp³-hybridized carbons (Fsp3) is 0.474. The molecule has 0 saturated carbocycles. The fourth-order valence-electron chi connectivity index (χ4n) is 3.71. The molecule has 7 nitrogen and oxygen atoms in total. The number of halogens is 1. The van der Waals surface area contributed by atoms with Gasteiger partial charge in [0.15, 0.2) is 0 Å². The van der Waals surface area contributed by atoms with E-state index in [9.17, 15) is 8.42 Å². The van der Waals surface area contributed by atoms with Crippen LogP contribution in [0.15, 0.2) is 36.7 Å². The van der Waals surface area contributed by atoms with Gasteiger partial charge < -0.3 is 9.80 Å². The molecule has 150 valence electrons. The van der Waals surface area contributed by atoms with Crippen LogP contribution in [0.4, 0.5) is 11.6 Å². The lowest BCUT2D eigenvalue weighted by atomic mass is 10.2. The van der Waals surface area contributed by atoms with Crippen molar-refractivity contribution < 1.29 is 8.42 Å². The summed E-state index contributed by atoms with van der Waals surface area (Å²) in [5, 5.41) is 0.605. The van der Waals surface area contributed by atoms with E-state index in [1.807, 2.05) is 6.07 Å². The van der Waals surface area contributed by atoms with Crippen LogP contribution in [0, 0.1) is 0 Å². The molecule has 28 heavy (non-hydrogen) atoms. The third-order valence-electron chi connectivity index (χ3n) is 5.29. The Labute approximate surface area is 171 Å². The summed E-state index contributed by atoms with van der Waals surface area (Å²) >= 11 is 5.88. The number of sulfonamides is 1. The number of rotatable bonds is 5. The van der Waals surface area contributed by atoms with Crippen molar-refractivity contribution >= 4 is 33.3 Å². The van der Waals surface area contributed by atoms with Crippen LogP contribution in [0.1, 0.15) is 18.4 Å². The van der Waals surface area contributed by atoms with Crippen molar-refractivity contribution in [2.24, 2.45) is 0 Å². The highest BCUT2D eigenvalue weighted by molar-refractivity contribution is 7.88. The number of anilines is 2. The van der Waals surface area contributed by atoms with Crippen LogP contribution in [-0.4, -0.2) is 62.0 Å². The summed E-state index contributed by atoms with van der Waals surface area (Å²) < 4.78 is 27.1. The molecule has 1 aromatic heterocycles. The first-order valence-electron chi connectivity index (χ1n) is 9.55. The minimum absolute atomic E-state index is 0.00319. The molecule has 0 bridgehead atoms. The van der Waals surface area contributed by atoms with E-state index in [-0.39, 0.29) is 5.75 Å². The first kappa shape index (κ1) is 19.4. The van der Waals surface area contributed by atoms with E-state index >= 15 is 0 Å². The first-order chi connectivity index (χ1) is 13.5. The molecule has 4 rings (SSSR count). The highest BCUT2D eigenvalue weighted by Crippen LogP contribution is 2.23. The molecule has 0 spiro atoms. The lowest BCUT2D eigenvalue weighted by Gasteiger charge is -2.35. The number of benzene rings is 1. The third kappa shape index (κ3) is 4.39. The van der Waals surface area contributed by atoms with Gasteiger partial charge >= 0.3 is 0 Å². The van der Waals surface area contributed by atoms with Crippen LogP contribution >= 0.6 is 11.6 Å². The molecular formula is C19H24ClN5O2S. The van der Waals surface area contributed by atoms with Crippen LogP contribution in [0.25, 0.3) is 0 Å². The highest BCUT2D eigenvalue weighted by Gasteiger charge is 2.28. The second kappa shape index (κ2) is 8.23. The van der Waals surface area contributed by atoms with E-state index in [1.165, 1.54) is 12.8 Å². The van der Waals surface area contributed by atoms with Crippen molar-refractivity contribution in [3.63, 3.8) is 0 Å². The molecule has 2 saturated heterocycles. The van der Waals surface area contributed by atoms with Crippen LogP contribution in [0.3, 0.4) is 0 Å². The molecule has 0 amide bonds. The summed E-state index contributed by atoms with van der Waals surface area (Å²) in [5.74, 6) is 1.82. The normalized spacial score (nSPS) is 18.6. The average molecular weight is 422 g/mol. The van der Waals surface area contributed by atoms with Gasteiger partial charge in [-0.3, -0.25) is 0 Å². The van der Waals surface area contributed by atoms with Gasteiger partial charge in [-0.25, -0.2) is 18.4 Å². The molecular weight excluding hydrogens is 398 g/mol. The van der Waals surface area contributed by atoms with Crippen LogP contribution in [0.5, 0.6) is 0 Å². The van der Waals surface area contributed by atoms with Gasteiger partial charge in [0.05, 0.1) is 5.75 Å². The minimum atomic E-state index is -3.35. The van der Waals surface area contributed by atoms with Crippen LogP contribution in [-0.2, 0) is 15.8 Å². The number of hydrogen-bond donors (Lipinski definition) is 0. The Kier molecular flexibility index (Phi) is 5.70. The molecule has 1 aromatic carbocycles. The average Bonchev–Trinajstić information content (AvgIpc) is 3.25. The Morgan fingerprint density at radius 1 is 0.857 bits per heavy atom. The minimum Gasteiger partial charge on any atom is -0.356 e. The Morgan fingerprint density at radius 2 is 1.43 bits per heavy atom. The summed E-state index contributed by atoms with van der Waals surface area (Å²) in [6, 6.07) is 8.98. The topological polar surface area (TPSA) is 69.6 Å². The van der Waals surface area contributed by atoms with E-state index in [1.54, 1.807) is 34.9 Å². The maximum atomic E-state index is 12.8. The largest absolute Gasteiger partial charge is 0.356 e. The highest BCUT2D eigenvalue weighted by atomic mass is 35.5. The van der Waals surface area contributed by atoms with Crippen molar-refractivity contribution in [3.05, 3.63) is 47.2 Å². The zero-order chi connectivity index (χ0) is 19.6. The Morgan fingerprint density at radius 3 is 2.04 bits per heavy atom. The second-order valence-corrected chi connectivity index (χ2v) is 9.60. The number of aromatic nitrogens is 2. The number of hydrogen-bond acceptors (Lipinski definition) is 6. The molecule has 2 aliphatic rings. The molecule has 0 radical (unpaired) electrons. The van der Waals surface area contributed by atoms with E-state index in [0.717, 1.165) is 30.3 Å². The van der Waals surface area contributed by atoms with Gasteiger partial charge in [0.25, 0.3) is 0 Å². The van der Waals surface area contributed by atoms with Gasteiger partial charge in [-0.05, 0) is 30.5 Å². The molecule has 0 N–H and O–H groups in total. The monoisotopic (exact) mass is 421 g/mol. The van der Waals surface area contributed by atoms with E-state index in [4.69, 9.17) is 11.6 Å². The molecule has 0 atom stereocenters. The standard InChI is InChI=1S/C19H24ClN5O2S/c20-17-5-3-16(4-6-17)14-28(26,27)25-11-9-24(10-12-25)19-13-18(21-15-22-19)23-7-1-2-8-23/h3-6,13,15H,1-2,7-12,14H2. The lowest BCUT2D eigenvalue weighted by Crippen LogP contribution is -2.49. The zero-order valence-electron chi connectivity index (χ0n) is 15.7. The maximum Gasteiger partial charge on any atom is 0.218 e. The summed E-state index contributed by atoms with van der Waals surface area (Å²) in [7, 11) is -3.35. The van der Waals surface area contributed by atoms with Crippen LogP contribution in [0.2, 0.25) is 5.02 Å². The molecule has 2 aromatic rings. The smallest absolute Gasteiger partial charge is 0.218 e. The van der Waals surface area contributed by atoms with Gasteiger partial charge in [-0.1, -0.05) is 23.7 Å². The first-order valence-corrected chi connectivity index (χ1v) is 11.5. The predicted octanol–water partition coefficient (Wildman–Crippen LogP) is 2.38. The van der Waals surface area contributed by atoms with Gasteiger partial charge in [0, 0.05) is 50.4 Å². The van der Waals surface area contributed by atoms with Gasteiger partial charge in [-0.15, -0.1) is 0 Å². The summed E-state index contributed by atoms with van der Waals surface area (Å²) in [6.07, 6.45) is 4.00. The molecule has 3 heterocycles. The Bertz CT molecular complexity index is 908. The van der Waals surface area contributed by atoms with Crippen molar-refractivity contribution in [3.8, 4) is 0 Å². The molecule has 0 aliphatic carbocycles. The maximum absolute atomic E-state index is 12.8. The SMILES string of the molecule is O=S(=O)(Cc1ccc(Cl)cc1)N1CCN(c2cc(N3CCCC3)ncn2)CC1. The van der Waals surface area contributed by atoms with Gasteiger partial charge in [0.1, 0.15) is 18.0 Å². The van der Waals surface area contributed by atoms with Gasteiger partial charge in [0.2, 0.25) is 10.0 Å². The van der Waals surface area contributed by atoms with Gasteiger partial charge in [-0.2, -0.15) is 4.31 Å². The van der Waals surface area contributed by atoms with E-state index in [2.05, 4.69) is 19.8 Å². The van der Waals surface area contributed by atoms with E-state index < -0.39 is 10.0 Å².